The number of hydrogen-bond acceptors (Lipinski definition) is 3. The minimum Gasteiger partial charge on any atom is -0.381 e. The van der Waals surface area contributed by atoms with Crippen LogP contribution < -0.4 is 5.32 Å². The van der Waals surface area contributed by atoms with Gasteiger partial charge in [-0.3, -0.25) is 4.79 Å². The third-order valence-corrected chi connectivity index (χ3v) is 5.67. The van der Waals surface area contributed by atoms with Crippen molar-refractivity contribution in [1.82, 2.24) is 10.2 Å². The van der Waals surface area contributed by atoms with Gasteiger partial charge in [-0.15, -0.1) is 0 Å². The average molecular weight is 294 g/mol. The van der Waals surface area contributed by atoms with Crippen molar-refractivity contribution in [2.24, 2.45) is 11.8 Å². The standard InChI is InChI=1S/C17H30N2O2/c1-19(7-4-13-5-8-21-9-6-13)17(20)12-14-10-15-2-3-16(11-14)18-15/h13-16,18H,2-12H2,1H3. The molecule has 120 valence electrons. The highest BCUT2D eigenvalue weighted by molar-refractivity contribution is 5.76. The molecule has 0 saturated carbocycles. The third kappa shape index (κ3) is 4.19. The lowest BCUT2D eigenvalue weighted by Gasteiger charge is -2.30. The Morgan fingerprint density at radius 2 is 1.76 bits per heavy atom. The summed E-state index contributed by atoms with van der Waals surface area (Å²) < 4.78 is 5.39. The molecule has 3 heterocycles. The third-order valence-electron chi connectivity index (χ3n) is 5.67. The number of nitrogens with zero attached hydrogens (tertiary/aromatic N) is 1. The molecule has 0 aromatic carbocycles. The van der Waals surface area contributed by atoms with Gasteiger partial charge in [0.2, 0.25) is 5.91 Å². The van der Waals surface area contributed by atoms with Crippen molar-refractivity contribution in [1.29, 1.82) is 0 Å². The minimum atomic E-state index is 0.355. The molecule has 2 bridgehead atoms. The fourth-order valence-electron chi connectivity index (χ4n) is 4.28. The number of rotatable bonds is 5. The summed E-state index contributed by atoms with van der Waals surface area (Å²) in [4.78, 5) is 14.4. The Hall–Kier alpha value is -0.610. The van der Waals surface area contributed by atoms with Crippen LogP contribution in [0.4, 0.5) is 0 Å². The molecular formula is C17H30N2O2. The smallest absolute Gasteiger partial charge is 0.222 e. The van der Waals surface area contributed by atoms with E-state index < -0.39 is 0 Å². The van der Waals surface area contributed by atoms with Gasteiger partial charge in [-0.05, 0) is 56.8 Å². The van der Waals surface area contributed by atoms with Crippen LogP contribution in [-0.4, -0.2) is 49.7 Å². The molecule has 21 heavy (non-hydrogen) atoms. The van der Waals surface area contributed by atoms with Gasteiger partial charge in [0.15, 0.2) is 0 Å². The first kappa shape index (κ1) is 15.3. The second-order valence-electron chi connectivity index (χ2n) is 7.34. The highest BCUT2D eigenvalue weighted by atomic mass is 16.5. The van der Waals surface area contributed by atoms with Crippen LogP contribution in [-0.2, 0) is 9.53 Å². The van der Waals surface area contributed by atoms with E-state index in [0.29, 0.717) is 23.9 Å². The summed E-state index contributed by atoms with van der Waals surface area (Å²) in [5.41, 5.74) is 0. The molecule has 0 aromatic heterocycles. The molecule has 3 rings (SSSR count). The van der Waals surface area contributed by atoms with E-state index in [-0.39, 0.29) is 0 Å². The summed E-state index contributed by atoms with van der Waals surface area (Å²) in [6, 6.07) is 1.38. The molecule has 3 aliphatic rings. The zero-order valence-electron chi connectivity index (χ0n) is 13.4. The van der Waals surface area contributed by atoms with Crippen molar-refractivity contribution in [3.05, 3.63) is 0 Å². The van der Waals surface area contributed by atoms with E-state index >= 15 is 0 Å². The summed E-state index contributed by atoms with van der Waals surface area (Å²) >= 11 is 0. The average Bonchev–Trinajstić information content (AvgIpc) is 2.84. The number of nitrogens with one attached hydrogen (secondary N) is 1. The first-order valence-electron chi connectivity index (χ1n) is 8.78. The Kier molecular flexibility index (Phi) is 5.17. The maximum Gasteiger partial charge on any atom is 0.222 e. The van der Waals surface area contributed by atoms with Gasteiger partial charge in [0.25, 0.3) is 0 Å². The van der Waals surface area contributed by atoms with Crippen molar-refractivity contribution >= 4 is 5.91 Å². The number of hydrogen-bond donors (Lipinski definition) is 1. The molecule has 1 N–H and O–H groups in total. The van der Waals surface area contributed by atoms with Crippen molar-refractivity contribution in [3.63, 3.8) is 0 Å². The summed E-state index contributed by atoms with van der Waals surface area (Å²) in [5.74, 6) is 1.72. The monoisotopic (exact) mass is 294 g/mol. The molecule has 1 amide bonds. The van der Waals surface area contributed by atoms with Gasteiger partial charge in [-0.2, -0.15) is 0 Å². The zero-order valence-corrected chi connectivity index (χ0v) is 13.4. The number of ether oxygens (including phenoxy) is 1. The Morgan fingerprint density at radius 1 is 1.10 bits per heavy atom. The Bertz CT molecular complexity index is 343. The Morgan fingerprint density at radius 3 is 2.43 bits per heavy atom. The normalized spacial score (nSPS) is 33.1. The summed E-state index contributed by atoms with van der Waals surface area (Å²) in [6.07, 6.45) is 9.28. The van der Waals surface area contributed by atoms with Crippen LogP contribution in [0.2, 0.25) is 0 Å². The van der Waals surface area contributed by atoms with Gasteiger partial charge >= 0.3 is 0 Å². The maximum atomic E-state index is 12.4. The van der Waals surface area contributed by atoms with Crippen LogP contribution in [0.5, 0.6) is 0 Å². The van der Waals surface area contributed by atoms with E-state index in [2.05, 4.69) is 5.32 Å². The molecule has 4 heteroatoms. The van der Waals surface area contributed by atoms with Crippen LogP contribution in [0.15, 0.2) is 0 Å². The minimum absolute atomic E-state index is 0.355. The summed E-state index contributed by atoms with van der Waals surface area (Å²) in [5, 5.41) is 3.65. The highest BCUT2D eigenvalue weighted by Crippen LogP contribution is 2.33. The van der Waals surface area contributed by atoms with Gasteiger partial charge in [-0.25, -0.2) is 0 Å². The second kappa shape index (κ2) is 7.10. The van der Waals surface area contributed by atoms with Crippen molar-refractivity contribution in [2.45, 2.75) is 63.5 Å². The fourth-order valence-corrected chi connectivity index (χ4v) is 4.28. The van der Waals surface area contributed by atoms with Gasteiger partial charge in [0, 0.05) is 45.3 Å². The Balaban J connectivity index is 1.38. The lowest BCUT2D eigenvalue weighted by atomic mass is 9.89. The van der Waals surface area contributed by atoms with E-state index in [9.17, 15) is 4.79 Å². The van der Waals surface area contributed by atoms with Crippen LogP contribution in [0.3, 0.4) is 0 Å². The maximum absolute atomic E-state index is 12.4. The SMILES string of the molecule is CN(CCC1CCOCC1)C(=O)CC1CC2CCC(C1)N2. The second-order valence-corrected chi connectivity index (χ2v) is 7.34. The Labute approximate surface area is 128 Å². The molecule has 3 saturated heterocycles. The van der Waals surface area contributed by atoms with Crippen molar-refractivity contribution in [3.8, 4) is 0 Å². The number of piperidine rings is 1. The van der Waals surface area contributed by atoms with E-state index in [1.807, 2.05) is 11.9 Å². The number of carbonyl (C=O) groups excluding carboxylic acids is 1. The van der Waals surface area contributed by atoms with Crippen molar-refractivity contribution < 1.29 is 9.53 Å². The van der Waals surface area contributed by atoms with Crippen LogP contribution in [0.25, 0.3) is 0 Å². The quantitative estimate of drug-likeness (QED) is 0.845. The first-order valence-corrected chi connectivity index (χ1v) is 8.78. The fraction of sp³-hybridized carbons (Fsp3) is 0.941. The molecular weight excluding hydrogens is 264 g/mol. The van der Waals surface area contributed by atoms with E-state index in [4.69, 9.17) is 4.74 Å². The van der Waals surface area contributed by atoms with Gasteiger partial charge in [0.05, 0.1) is 0 Å². The molecule has 4 nitrogen and oxygen atoms in total. The molecule has 3 fully saturated rings. The highest BCUT2D eigenvalue weighted by Gasteiger charge is 2.34. The largest absolute Gasteiger partial charge is 0.381 e. The van der Waals surface area contributed by atoms with E-state index in [1.54, 1.807) is 0 Å². The number of amides is 1. The number of carbonyl (C=O) groups is 1. The van der Waals surface area contributed by atoms with Crippen molar-refractivity contribution in [2.75, 3.05) is 26.8 Å². The zero-order chi connectivity index (χ0) is 14.7. The topological polar surface area (TPSA) is 41.6 Å². The predicted molar refractivity (Wildman–Crippen MR) is 83.1 cm³/mol. The van der Waals surface area contributed by atoms with Crippen LogP contribution in [0, 0.1) is 11.8 Å². The van der Waals surface area contributed by atoms with Gasteiger partial charge in [0.1, 0.15) is 0 Å². The first-order chi connectivity index (χ1) is 10.2. The predicted octanol–water partition coefficient (Wildman–Crippen LogP) is 2.18. The molecule has 0 aliphatic carbocycles. The van der Waals surface area contributed by atoms with Crippen LogP contribution in [0.1, 0.15) is 51.4 Å². The van der Waals surface area contributed by atoms with E-state index in [0.717, 1.165) is 38.5 Å². The van der Waals surface area contributed by atoms with E-state index in [1.165, 1.54) is 38.5 Å². The molecule has 0 radical (unpaired) electrons. The van der Waals surface area contributed by atoms with Crippen LogP contribution >= 0.6 is 0 Å². The summed E-state index contributed by atoms with van der Waals surface area (Å²) in [6.45, 7) is 2.72. The lowest BCUT2D eigenvalue weighted by molar-refractivity contribution is -0.131. The van der Waals surface area contributed by atoms with Gasteiger partial charge in [-0.1, -0.05) is 0 Å². The lowest BCUT2D eigenvalue weighted by Crippen LogP contribution is -2.40. The summed E-state index contributed by atoms with van der Waals surface area (Å²) in [7, 11) is 1.98. The molecule has 2 atom stereocenters. The molecule has 2 unspecified atom stereocenters. The number of fused-ring (bicyclic) bond motifs is 2. The molecule has 0 spiro atoms. The molecule has 0 aromatic rings. The van der Waals surface area contributed by atoms with Gasteiger partial charge < -0.3 is 15.0 Å². The molecule has 3 aliphatic heterocycles.